The highest BCUT2D eigenvalue weighted by atomic mass is 16.5. The number of nitrogens with zero attached hydrogens (tertiary/aromatic N) is 1. The van der Waals surface area contributed by atoms with Crippen LogP contribution < -0.4 is 4.74 Å². The summed E-state index contributed by atoms with van der Waals surface area (Å²) in [6.07, 6.45) is 0. The zero-order chi connectivity index (χ0) is 16.4. The third-order valence-corrected chi connectivity index (χ3v) is 5.81. The number of likely N-dealkylation sites (N-methyl/N-ethyl adjacent to an activating group) is 1. The number of para-hydroxylation sites is 1. The van der Waals surface area contributed by atoms with Crippen molar-refractivity contribution in [3.8, 4) is 11.5 Å². The number of hydrogen-bond donors (Lipinski definition) is 0. The van der Waals surface area contributed by atoms with Gasteiger partial charge >= 0.3 is 0 Å². The second kappa shape index (κ2) is 4.38. The minimum atomic E-state index is -0.628. The van der Waals surface area contributed by atoms with Gasteiger partial charge in [0.1, 0.15) is 11.5 Å². The second-order valence-corrected chi connectivity index (χ2v) is 7.22. The number of rotatable bonds is 0. The number of ether oxygens (including phenoxy) is 1. The molecule has 0 radical (unpaired) electrons. The van der Waals surface area contributed by atoms with Crippen LogP contribution in [0.4, 0.5) is 0 Å². The fraction of sp³-hybridized carbons (Fsp3) is 0.350. The molecule has 118 valence electrons. The Morgan fingerprint density at radius 2 is 1.74 bits per heavy atom. The maximum absolute atomic E-state index is 13.1. The van der Waals surface area contributed by atoms with Crippen LogP contribution in [-0.4, -0.2) is 24.4 Å². The number of amides is 1. The van der Waals surface area contributed by atoms with Crippen LogP contribution in [0.15, 0.2) is 42.5 Å². The lowest BCUT2D eigenvalue weighted by Gasteiger charge is -2.37. The van der Waals surface area contributed by atoms with Gasteiger partial charge in [-0.25, -0.2) is 0 Å². The SMILES string of the molecule is Cc1ccc2c(c1)[C@@]1(C)CN(C)C(=O)[C@@]1(C)c1ccccc1O2. The molecule has 2 aliphatic heterocycles. The zero-order valence-electron chi connectivity index (χ0n) is 14.0. The quantitative estimate of drug-likeness (QED) is 0.741. The van der Waals surface area contributed by atoms with E-state index in [-0.39, 0.29) is 11.3 Å². The molecule has 0 bridgehead atoms. The van der Waals surface area contributed by atoms with Crippen molar-refractivity contribution in [3.63, 3.8) is 0 Å². The summed E-state index contributed by atoms with van der Waals surface area (Å²) in [4.78, 5) is 15.0. The molecule has 0 N–H and O–H groups in total. The summed E-state index contributed by atoms with van der Waals surface area (Å²) >= 11 is 0. The summed E-state index contributed by atoms with van der Waals surface area (Å²) in [6, 6.07) is 14.2. The molecule has 2 aliphatic rings. The predicted molar refractivity (Wildman–Crippen MR) is 90.0 cm³/mol. The van der Waals surface area contributed by atoms with Crippen LogP contribution in [-0.2, 0) is 15.6 Å². The molecule has 2 atom stereocenters. The Hall–Kier alpha value is -2.29. The van der Waals surface area contributed by atoms with Crippen molar-refractivity contribution < 1.29 is 9.53 Å². The highest BCUT2D eigenvalue weighted by Crippen LogP contribution is 2.57. The number of hydrogen-bond acceptors (Lipinski definition) is 2. The van der Waals surface area contributed by atoms with Crippen LogP contribution in [0.1, 0.15) is 30.5 Å². The van der Waals surface area contributed by atoms with E-state index in [9.17, 15) is 4.79 Å². The molecule has 4 rings (SSSR count). The molecule has 0 aromatic heterocycles. The van der Waals surface area contributed by atoms with Gasteiger partial charge in [0.15, 0.2) is 0 Å². The smallest absolute Gasteiger partial charge is 0.233 e. The van der Waals surface area contributed by atoms with E-state index in [0.29, 0.717) is 6.54 Å². The molecule has 2 aromatic carbocycles. The lowest BCUT2D eigenvalue weighted by atomic mass is 9.60. The second-order valence-electron chi connectivity index (χ2n) is 7.22. The Kier molecular flexibility index (Phi) is 2.72. The van der Waals surface area contributed by atoms with Crippen molar-refractivity contribution in [2.45, 2.75) is 31.6 Å². The van der Waals surface area contributed by atoms with Crippen molar-refractivity contribution in [2.75, 3.05) is 13.6 Å². The minimum absolute atomic E-state index is 0.158. The minimum Gasteiger partial charge on any atom is -0.457 e. The molecular formula is C20H21NO2. The van der Waals surface area contributed by atoms with E-state index in [1.54, 1.807) is 0 Å². The molecule has 0 saturated carbocycles. The highest BCUT2D eigenvalue weighted by molar-refractivity contribution is 5.94. The monoisotopic (exact) mass is 307 g/mol. The number of aryl methyl sites for hydroxylation is 1. The molecule has 2 heterocycles. The van der Waals surface area contributed by atoms with Crippen molar-refractivity contribution >= 4 is 5.91 Å². The van der Waals surface area contributed by atoms with Crippen molar-refractivity contribution in [2.24, 2.45) is 0 Å². The van der Waals surface area contributed by atoms with Gasteiger partial charge in [0.2, 0.25) is 5.91 Å². The van der Waals surface area contributed by atoms with E-state index in [1.807, 2.05) is 42.3 Å². The fourth-order valence-corrected chi connectivity index (χ4v) is 4.34. The van der Waals surface area contributed by atoms with E-state index in [2.05, 4.69) is 32.9 Å². The van der Waals surface area contributed by atoms with Crippen LogP contribution >= 0.6 is 0 Å². The molecular weight excluding hydrogens is 286 g/mol. The normalized spacial score (nSPS) is 28.5. The first-order valence-electron chi connectivity index (χ1n) is 8.02. The predicted octanol–water partition coefficient (Wildman–Crippen LogP) is 3.79. The van der Waals surface area contributed by atoms with Crippen LogP contribution in [0.2, 0.25) is 0 Å². The van der Waals surface area contributed by atoms with Gasteiger partial charge in [-0.05, 0) is 26.0 Å². The molecule has 23 heavy (non-hydrogen) atoms. The maximum atomic E-state index is 13.1. The Morgan fingerprint density at radius 1 is 1.04 bits per heavy atom. The molecule has 0 aliphatic carbocycles. The standard InChI is InChI=1S/C20H21NO2/c1-13-9-10-17-15(11-13)19(2)12-21(4)18(22)20(19,3)14-7-5-6-8-16(14)23-17/h5-11H,12H2,1-4H3/t19-,20-/m1/s1. The average molecular weight is 307 g/mol. The topological polar surface area (TPSA) is 29.5 Å². The molecule has 0 unspecified atom stereocenters. The van der Waals surface area contributed by atoms with Gasteiger partial charge in [-0.1, -0.05) is 42.8 Å². The van der Waals surface area contributed by atoms with E-state index in [4.69, 9.17) is 4.74 Å². The molecule has 3 nitrogen and oxygen atoms in total. The zero-order valence-corrected chi connectivity index (χ0v) is 14.0. The molecule has 0 spiro atoms. The number of fused-ring (bicyclic) bond motifs is 5. The molecule has 1 amide bonds. The molecule has 1 fully saturated rings. The van der Waals surface area contributed by atoms with Gasteiger partial charge in [0, 0.05) is 30.1 Å². The Morgan fingerprint density at radius 3 is 2.52 bits per heavy atom. The number of carbonyl (C=O) groups is 1. The first-order valence-corrected chi connectivity index (χ1v) is 8.02. The van der Waals surface area contributed by atoms with Crippen molar-refractivity contribution in [1.29, 1.82) is 0 Å². The van der Waals surface area contributed by atoms with Gasteiger partial charge in [0.05, 0.1) is 5.41 Å². The van der Waals surface area contributed by atoms with Crippen LogP contribution in [0.25, 0.3) is 0 Å². The number of benzene rings is 2. The van der Waals surface area contributed by atoms with Gasteiger partial charge in [0.25, 0.3) is 0 Å². The first kappa shape index (κ1) is 14.3. The number of likely N-dealkylation sites (tertiary alicyclic amines) is 1. The van der Waals surface area contributed by atoms with Gasteiger partial charge in [-0.15, -0.1) is 0 Å². The summed E-state index contributed by atoms with van der Waals surface area (Å²) in [5, 5.41) is 0. The molecule has 1 saturated heterocycles. The lowest BCUT2D eigenvalue weighted by molar-refractivity contribution is -0.131. The van der Waals surface area contributed by atoms with Crippen molar-refractivity contribution in [3.05, 3.63) is 59.2 Å². The van der Waals surface area contributed by atoms with Gasteiger partial charge in [-0.3, -0.25) is 4.79 Å². The summed E-state index contributed by atoms with van der Waals surface area (Å²) in [5.41, 5.74) is 2.33. The van der Waals surface area contributed by atoms with E-state index in [0.717, 1.165) is 22.6 Å². The van der Waals surface area contributed by atoms with E-state index in [1.165, 1.54) is 5.56 Å². The van der Waals surface area contributed by atoms with Gasteiger partial charge < -0.3 is 9.64 Å². The van der Waals surface area contributed by atoms with E-state index < -0.39 is 5.41 Å². The first-order chi connectivity index (χ1) is 10.9. The summed E-state index contributed by atoms with van der Waals surface area (Å²) < 4.78 is 6.24. The molecule has 3 heteroatoms. The Bertz CT molecular complexity index is 828. The summed E-state index contributed by atoms with van der Waals surface area (Å²) in [5.74, 6) is 1.80. The summed E-state index contributed by atoms with van der Waals surface area (Å²) in [6.45, 7) is 7.03. The Balaban J connectivity index is 2.12. The van der Waals surface area contributed by atoms with E-state index >= 15 is 0 Å². The molecule has 2 aromatic rings. The van der Waals surface area contributed by atoms with Crippen LogP contribution in [0.5, 0.6) is 11.5 Å². The Labute approximate surface area is 136 Å². The van der Waals surface area contributed by atoms with Crippen LogP contribution in [0.3, 0.4) is 0 Å². The van der Waals surface area contributed by atoms with Gasteiger partial charge in [-0.2, -0.15) is 0 Å². The lowest BCUT2D eigenvalue weighted by Crippen LogP contribution is -2.45. The third-order valence-electron chi connectivity index (χ3n) is 5.81. The average Bonchev–Trinajstić information content (AvgIpc) is 2.66. The largest absolute Gasteiger partial charge is 0.457 e. The van der Waals surface area contributed by atoms with Crippen LogP contribution in [0, 0.1) is 6.92 Å². The highest BCUT2D eigenvalue weighted by Gasteiger charge is 2.61. The number of carbonyl (C=O) groups excluding carboxylic acids is 1. The third kappa shape index (κ3) is 1.62. The summed E-state index contributed by atoms with van der Waals surface area (Å²) in [7, 11) is 1.90. The fourth-order valence-electron chi connectivity index (χ4n) is 4.34. The maximum Gasteiger partial charge on any atom is 0.233 e. The van der Waals surface area contributed by atoms with Crippen molar-refractivity contribution in [1.82, 2.24) is 4.90 Å².